The highest BCUT2D eigenvalue weighted by atomic mass is 32.2. The molecule has 3 atom stereocenters. The van der Waals surface area contributed by atoms with Crippen LogP contribution in [0.5, 0.6) is 5.75 Å². The molecule has 3 unspecified atom stereocenters. The minimum absolute atomic E-state index is 0.0733. The smallest absolute Gasteiger partial charge is 0.189 e. The second-order valence-electron chi connectivity index (χ2n) is 8.26. The number of amidine groups is 1. The molecule has 3 heterocycles. The van der Waals surface area contributed by atoms with E-state index in [9.17, 15) is 4.39 Å². The van der Waals surface area contributed by atoms with Gasteiger partial charge in [-0.2, -0.15) is 5.10 Å². The van der Waals surface area contributed by atoms with Crippen LogP contribution in [0.15, 0.2) is 66.0 Å². The molecular weight excluding hydrogens is 425 g/mol. The van der Waals surface area contributed by atoms with E-state index in [4.69, 9.17) is 4.74 Å². The zero-order valence-corrected chi connectivity index (χ0v) is 18.9. The van der Waals surface area contributed by atoms with Gasteiger partial charge < -0.3 is 14.6 Å². The molecule has 2 aromatic rings. The van der Waals surface area contributed by atoms with Gasteiger partial charge >= 0.3 is 0 Å². The number of thioether (sulfide) groups is 1. The summed E-state index contributed by atoms with van der Waals surface area (Å²) in [6.45, 7) is 2.93. The fraction of sp³-hybridized carbons (Fsp3) is 0.375. The van der Waals surface area contributed by atoms with Crippen LogP contribution in [0, 0.1) is 5.82 Å². The lowest BCUT2D eigenvalue weighted by Crippen LogP contribution is -2.54. The molecule has 2 N–H and O–H groups in total. The number of halogens is 1. The molecule has 0 bridgehead atoms. The Morgan fingerprint density at radius 3 is 2.88 bits per heavy atom. The average molecular weight is 454 g/mol. The number of hydrazone groups is 1. The number of benzene rings is 2. The fourth-order valence-corrected chi connectivity index (χ4v) is 5.19. The third kappa shape index (κ3) is 4.42. The zero-order chi connectivity index (χ0) is 21.9. The van der Waals surface area contributed by atoms with Crippen LogP contribution in [0.4, 0.5) is 4.39 Å². The van der Waals surface area contributed by atoms with Gasteiger partial charge in [-0.3, -0.25) is 5.43 Å². The molecule has 1 saturated heterocycles. The van der Waals surface area contributed by atoms with Crippen LogP contribution in [0.1, 0.15) is 43.4 Å². The summed E-state index contributed by atoms with van der Waals surface area (Å²) in [6.07, 6.45) is 7.38. The quantitative estimate of drug-likeness (QED) is 0.600. The van der Waals surface area contributed by atoms with E-state index in [0.29, 0.717) is 5.75 Å². The first kappa shape index (κ1) is 21.2. The van der Waals surface area contributed by atoms with Crippen LogP contribution in [0.3, 0.4) is 0 Å². The average Bonchev–Trinajstić information content (AvgIpc) is 3.42. The molecule has 1 fully saturated rings. The van der Waals surface area contributed by atoms with Crippen molar-refractivity contribution >= 4 is 16.9 Å². The summed E-state index contributed by atoms with van der Waals surface area (Å²) in [5, 5.41) is 7.65. The van der Waals surface area contributed by atoms with E-state index in [1.165, 1.54) is 11.6 Å². The Morgan fingerprint density at radius 2 is 2.06 bits per heavy atom. The summed E-state index contributed by atoms with van der Waals surface area (Å²) < 4.78 is 19.3. The molecule has 8 heteroatoms. The van der Waals surface area contributed by atoms with Gasteiger partial charge in [0, 0.05) is 18.2 Å². The first-order valence-corrected chi connectivity index (χ1v) is 12.1. The summed E-state index contributed by atoms with van der Waals surface area (Å²) in [7, 11) is 0. The number of hydrazine groups is 1. The van der Waals surface area contributed by atoms with E-state index < -0.39 is 0 Å². The lowest BCUT2D eigenvalue weighted by molar-refractivity contribution is 0.152. The number of ether oxygens (including phenoxy) is 1. The van der Waals surface area contributed by atoms with Crippen LogP contribution in [-0.2, 0) is 5.75 Å². The summed E-state index contributed by atoms with van der Waals surface area (Å²) in [6, 6.07) is 15.6. The van der Waals surface area contributed by atoms with Crippen molar-refractivity contribution in [3.05, 3.63) is 77.9 Å². The van der Waals surface area contributed by atoms with Gasteiger partial charge in [0.1, 0.15) is 17.7 Å². The van der Waals surface area contributed by atoms with Crippen molar-refractivity contribution in [3.63, 3.8) is 0 Å². The van der Waals surface area contributed by atoms with E-state index in [-0.39, 0.29) is 24.1 Å². The van der Waals surface area contributed by atoms with Crippen LogP contribution in [-0.4, -0.2) is 33.9 Å². The standard InChI is InChI=1S/C24H28FN5OS/c1-2-3-13-31-20-9-7-18(8-10-20)21-15-22-23-26-27-24(29(23)11-12-30(22)28-21)32-16-17-5-4-6-19(25)14-17/h4-12,14,21-23,26,28H,2-3,13,15-16H2,1H3. The number of nitrogens with zero attached hydrogens (tertiary/aromatic N) is 3. The maximum atomic E-state index is 13.5. The minimum atomic E-state index is -0.204. The number of hydrogen-bond donors (Lipinski definition) is 2. The lowest BCUT2D eigenvalue weighted by Gasteiger charge is -2.36. The highest BCUT2D eigenvalue weighted by molar-refractivity contribution is 8.13. The first-order valence-electron chi connectivity index (χ1n) is 11.2. The highest BCUT2D eigenvalue weighted by Gasteiger charge is 2.44. The van der Waals surface area contributed by atoms with Gasteiger partial charge in [0.15, 0.2) is 5.17 Å². The predicted octanol–water partition coefficient (Wildman–Crippen LogP) is 4.55. The van der Waals surface area contributed by atoms with Gasteiger partial charge in [-0.15, -0.1) is 0 Å². The molecule has 3 aliphatic rings. The first-order chi connectivity index (χ1) is 15.7. The number of rotatable bonds is 7. The predicted molar refractivity (Wildman–Crippen MR) is 126 cm³/mol. The van der Waals surface area contributed by atoms with Crippen molar-refractivity contribution < 1.29 is 9.13 Å². The van der Waals surface area contributed by atoms with Crippen molar-refractivity contribution in [3.8, 4) is 5.75 Å². The van der Waals surface area contributed by atoms with E-state index in [2.05, 4.69) is 69.5 Å². The van der Waals surface area contributed by atoms with Crippen molar-refractivity contribution in [1.29, 1.82) is 0 Å². The summed E-state index contributed by atoms with van der Waals surface area (Å²) >= 11 is 1.62. The minimum Gasteiger partial charge on any atom is -0.494 e. The third-order valence-electron chi connectivity index (χ3n) is 6.01. The Labute approximate surface area is 192 Å². The molecule has 6 nitrogen and oxygen atoms in total. The van der Waals surface area contributed by atoms with Gasteiger partial charge in [-0.25, -0.2) is 9.82 Å². The Hall–Kier alpha value is -2.71. The largest absolute Gasteiger partial charge is 0.494 e. The molecule has 3 aliphatic heterocycles. The third-order valence-corrected chi connectivity index (χ3v) is 7.05. The van der Waals surface area contributed by atoms with Crippen molar-refractivity contribution in [2.45, 2.75) is 50.2 Å². The van der Waals surface area contributed by atoms with E-state index in [1.54, 1.807) is 23.9 Å². The lowest BCUT2D eigenvalue weighted by atomic mass is 10.00. The fourth-order valence-electron chi connectivity index (χ4n) is 4.27. The Kier molecular flexibility index (Phi) is 6.23. The van der Waals surface area contributed by atoms with Gasteiger partial charge in [0.2, 0.25) is 0 Å². The van der Waals surface area contributed by atoms with Gasteiger partial charge in [0.05, 0.1) is 18.7 Å². The molecule has 0 amide bonds. The van der Waals surface area contributed by atoms with Crippen molar-refractivity contribution in [2.24, 2.45) is 5.10 Å². The maximum absolute atomic E-state index is 13.5. The molecule has 2 aromatic carbocycles. The van der Waals surface area contributed by atoms with Crippen LogP contribution >= 0.6 is 11.8 Å². The molecule has 0 radical (unpaired) electrons. The normalized spacial score (nSPS) is 23.6. The summed E-state index contributed by atoms with van der Waals surface area (Å²) in [5.74, 6) is 1.40. The molecule has 0 saturated carbocycles. The molecule has 0 spiro atoms. The SMILES string of the molecule is CCCCOc1ccc(C2CC3C4NN=C(SCc5cccc(F)c5)N4C=CN3N2)cc1. The van der Waals surface area contributed by atoms with Crippen LogP contribution < -0.4 is 15.6 Å². The van der Waals surface area contributed by atoms with Crippen LogP contribution in [0.25, 0.3) is 0 Å². The van der Waals surface area contributed by atoms with Crippen molar-refractivity contribution in [2.75, 3.05) is 6.61 Å². The molecule has 32 heavy (non-hydrogen) atoms. The second-order valence-corrected chi connectivity index (χ2v) is 9.20. The van der Waals surface area contributed by atoms with Gasteiger partial charge in [-0.1, -0.05) is 49.4 Å². The molecule has 5 rings (SSSR count). The molecule has 0 aliphatic carbocycles. The Balaban J connectivity index is 1.19. The molecule has 168 valence electrons. The Morgan fingerprint density at radius 1 is 1.19 bits per heavy atom. The molecular formula is C24H28FN5OS. The summed E-state index contributed by atoms with van der Waals surface area (Å²) in [4.78, 5) is 2.18. The van der Waals surface area contributed by atoms with E-state index in [1.807, 2.05) is 6.07 Å². The van der Waals surface area contributed by atoms with Gasteiger partial charge in [0.25, 0.3) is 0 Å². The van der Waals surface area contributed by atoms with Crippen molar-refractivity contribution in [1.82, 2.24) is 20.8 Å². The highest BCUT2D eigenvalue weighted by Crippen LogP contribution is 2.36. The number of fused-ring (bicyclic) bond motifs is 3. The molecule has 0 aromatic heterocycles. The van der Waals surface area contributed by atoms with Crippen LogP contribution in [0.2, 0.25) is 0 Å². The number of hydrogen-bond acceptors (Lipinski definition) is 7. The number of nitrogens with one attached hydrogen (secondary N) is 2. The van der Waals surface area contributed by atoms with E-state index >= 15 is 0 Å². The topological polar surface area (TPSA) is 52.1 Å². The maximum Gasteiger partial charge on any atom is 0.189 e. The monoisotopic (exact) mass is 453 g/mol. The van der Waals surface area contributed by atoms with E-state index in [0.717, 1.165) is 42.3 Å². The second kappa shape index (κ2) is 9.42. The zero-order valence-electron chi connectivity index (χ0n) is 18.1. The summed E-state index contributed by atoms with van der Waals surface area (Å²) in [5.41, 5.74) is 9.12. The number of unbranched alkanes of at least 4 members (excludes halogenated alkanes) is 1. The Bertz CT molecular complexity index is 998. The van der Waals surface area contributed by atoms with Gasteiger partial charge in [-0.05, 0) is 48.2 Å².